The van der Waals surface area contributed by atoms with Gasteiger partial charge in [0.05, 0.1) is 12.8 Å². The summed E-state index contributed by atoms with van der Waals surface area (Å²) in [5, 5.41) is 8.11. The first kappa shape index (κ1) is 26.3. The van der Waals surface area contributed by atoms with Crippen LogP contribution in [-0.4, -0.2) is 53.8 Å². The maximum atomic E-state index is 12.8. The molecule has 1 saturated heterocycles. The predicted octanol–water partition coefficient (Wildman–Crippen LogP) is 4.76. The number of anilines is 1. The summed E-state index contributed by atoms with van der Waals surface area (Å²) in [5.41, 5.74) is 3.82. The molecule has 3 amide bonds. The molecule has 0 radical (unpaired) electrons. The lowest BCUT2D eigenvalue weighted by molar-refractivity contribution is -0.119. The molecule has 1 aliphatic heterocycles. The first-order chi connectivity index (χ1) is 17.9. The number of thiazole rings is 1. The standard InChI is InChI=1S/C28H32N4O4S/c1-4-5-6-19-7-12-25(36-3)23(15-19)24-17-37-28(30-24)31-26(34)20-8-10-21(11-9-20)27(35)32-14-13-22(16-32)29-18(2)33/h7-12,15,17,22H,4-6,13-14,16H2,1-3H3,(H,29,33)(H,30,31,34)/t22-/m1/s1. The maximum Gasteiger partial charge on any atom is 0.257 e. The van der Waals surface area contributed by atoms with Crippen molar-refractivity contribution in [1.82, 2.24) is 15.2 Å². The number of aromatic nitrogens is 1. The average Bonchev–Trinajstić information content (AvgIpc) is 3.56. The number of methoxy groups -OCH3 is 1. The van der Waals surface area contributed by atoms with Gasteiger partial charge in [-0.2, -0.15) is 0 Å². The number of benzene rings is 2. The minimum atomic E-state index is -0.296. The Hall–Kier alpha value is -3.72. The Kier molecular flexibility index (Phi) is 8.55. The van der Waals surface area contributed by atoms with E-state index in [4.69, 9.17) is 4.74 Å². The zero-order chi connectivity index (χ0) is 26.4. The fourth-order valence-electron chi connectivity index (χ4n) is 4.41. The van der Waals surface area contributed by atoms with Crippen molar-refractivity contribution in [2.24, 2.45) is 0 Å². The highest BCUT2D eigenvalue weighted by atomic mass is 32.1. The second-order valence-electron chi connectivity index (χ2n) is 9.14. The van der Waals surface area contributed by atoms with Gasteiger partial charge in [0.2, 0.25) is 5.91 Å². The Morgan fingerprint density at radius 1 is 1.14 bits per heavy atom. The van der Waals surface area contributed by atoms with E-state index >= 15 is 0 Å². The van der Waals surface area contributed by atoms with Gasteiger partial charge >= 0.3 is 0 Å². The van der Waals surface area contributed by atoms with E-state index in [0.29, 0.717) is 29.3 Å². The van der Waals surface area contributed by atoms with E-state index in [-0.39, 0.29) is 23.8 Å². The number of amides is 3. The van der Waals surface area contributed by atoms with Crippen LogP contribution in [-0.2, 0) is 11.2 Å². The van der Waals surface area contributed by atoms with Crippen LogP contribution >= 0.6 is 11.3 Å². The lowest BCUT2D eigenvalue weighted by atomic mass is 10.0. The quantitative estimate of drug-likeness (QED) is 0.424. The van der Waals surface area contributed by atoms with E-state index in [1.165, 1.54) is 23.8 Å². The Balaban J connectivity index is 1.40. The number of carbonyl (C=O) groups excluding carboxylic acids is 3. The molecule has 2 aromatic carbocycles. The number of hydrogen-bond acceptors (Lipinski definition) is 6. The van der Waals surface area contributed by atoms with Crippen molar-refractivity contribution < 1.29 is 19.1 Å². The Morgan fingerprint density at radius 2 is 1.89 bits per heavy atom. The van der Waals surface area contributed by atoms with Crippen LogP contribution in [0, 0.1) is 0 Å². The fraction of sp³-hybridized carbons (Fsp3) is 0.357. The number of unbranched alkanes of at least 4 members (excludes halogenated alkanes) is 1. The van der Waals surface area contributed by atoms with Crippen LogP contribution in [0.2, 0.25) is 0 Å². The summed E-state index contributed by atoms with van der Waals surface area (Å²) in [6.07, 6.45) is 3.97. The molecule has 1 fully saturated rings. The molecule has 0 unspecified atom stereocenters. The molecule has 2 N–H and O–H groups in total. The number of nitrogens with one attached hydrogen (secondary N) is 2. The molecule has 8 nitrogen and oxygen atoms in total. The van der Waals surface area contributed by atoms with Gasteiger partial charge < -0.3 is 15.0 Å². The number of nitrogens with zero attached hydrogens (tertiary/aromatic N) is 2. The van der Waals surface area contributed by atoms with Crippen molar-refractivity contribution in [3.63, 3.8) is 0 Å². The fourth-order valence-corrected chi connectivity index (χ4v) is 5.12. The summed E-state index contributed by atoms with van der Waals surface area (Å²) in [6, 6.07) is 12.7. The van der Waals surface area contributed by atoms with Crippen molar-refractivity contribution in [3.05, 3.63) is 64.5 Å². The van der Waals surface area contributed by atoms with E-state index in [2.05, 4.69) is 34.7 Å². The van der Waals surface area contributed by atoms with E-state index in [9.17, 15) is 14.4 Å². The van der Waals surface area contributed by atoms with Crippen molar-refractivity contribution in [2.45, 2.75) is 45.6 Å². The predicted molar refractivity (Wildman–Crippen MR) is 145 cm³/mol. The minimum absolute atomic E-state index is 0.0199. The third-order valence-corrected chi connectivity index (χ3v) is 7.12. The number of aryl methyl sites for hydroxylation is 1. The lowest BCUT2D eigenvalue weighted by Gasteiger charge is -2.17. The average molecular weight is 521 g/mol. The number of hydrogen-bond donors (Lipinski definition) is 2. The molecule has 37 heavy (non-hydrogen) atoms. The summed E-state index contributed by atoms with van der Waals surface area (Å²) in [7, 11) is 1.64. The summed E-state index contributed by atoms with van der Waals surface area (Å²) < 4.78 is 5.54. The van der Waals surface area contributed by atoms with Crippen LogP contribution < -0.4 is 15.4 Å². The van der Waals surface area contributed by atoms with Crippen LogP contribution in [0.25, 0.3) is 11.3 Å². The van der Waals surface area contributed by atoms with E-state index in [0.717, 1.165) is 42.7 Å². The highest BCUT2D eigenvalue weighted by molar-refractivity contribution is 7.14. The van der Waals surface area contributed by atoms with Gasteiger partial charge in [0, 0.05) is 48.1 Å². The third kappa shape index (κ3) is 6.54. The normalized spacial score (nSPS) is 14.9. The molecule has 1 aliphatic rings. The lowest BCUT2D eigenvalue weighted by Crippen LogP contribution is -2.37. The molecule has 1 atom stereocenters. The highest BCUT2D eigenvalue weighted by Crippen LogP contribution is 2.33. The summed E-state index contributed by atoms with van der Waals surface area (Å²) in [4.78, 5) is 43.3. The number of ether oxygens (including phenoxy) is 1. The summed E-state index contributed by atoms with van der Waals surface area (Å²) >= 11 is 1.35. The van der Waals surface area contributed by atoms with Crippen molar-refractivity contribution in [3.8, 4) is 17.0 Å². The molecule has 3 aromatic rings. The van der Waals surface area contributed by atoms with Gasteiger partial charge in [-0.1, -0.05) is 19.4 Å². The number of carbonyl (C=O) groups is 3. The number of rotatable bonds is 9. The van der Waals surface area contributed by atoms with Gasteiger partial charge in [0.15, 0.2) is 5.13 Å². The SMILES string of the molecule is CCCCc1ccc(OC)c(-c2csc(NC(=O)c3ccc(C(=O)N4CC[C@@H](NC(C)=O)C4)cc3)n2)c1. The molecule has 0 spiro atoms. The van der Waals surface area contributed by atoms with Crippen LogP contribution in [0.3, 0.4) is 0 Å². The summed E-state index contributed by atoms with van der Waals surface area (Å²) in [6.45, 7) is 4.72. The van der Waals surface area contributed by atoms with Crippen molar-refractivity contribution in [2.75, 3.05) is 25.5 Å². The smallest absolute Gasteiger partial charge is 0.257 e. The van der Waals surface area contributed by atoms with Gasteiger partial charge in [0.25, 0.3) is 11.8 Å². The maximum absolute atomic E-state index is 12.8. The zero-order valence-corrected chi connectivity index (χ0v) is 22.2. The molecular formula is C28H32N4O4S. The van der Waals surface area contributed by atoms with Gasteiger partial charge in [-0.3, -0.25) is 19.7 Å². The molecule has 4 rings (SSSR count). The van der Waals surface area contributed by atoms with Crippen LogP contribution in [0.15, 0.2) is 47.8 Å². The second-order valence-corrected chi connectivity index (χ2v) is 10.0. The molecular weight excluding hydrogens is 488 g/mol. The second kappa shape index (κ2) is 12.0. The molecule has 0 saturated carbocycles. The molecule has 194 valence electrons. The molecule has 0 bridgehead atoms. The third-order valence-electron chi connectivity index (χ3n) is 6.36. The largest absolute Gasteiger partial charge is 0.496 e. The van der Waals surface area contributed by atoms with Crippen LogP contribution in [0.5, 0.6) is 5.75 Å². The summed E-state index contributed by atoms with van der Waals surface area (Å²) in [5.74, 6) is 0.238. The van der Waals surface area contributed by atoms with Gasteiger partial charge in [0.1, 0.15) is 5.75 Å². The first-order valence-electron chi connectivity index (χ1n) is 12.5. The van der Waals surface area contributed by atoms with Crippen LogP contribution in [0.4, 0.5) is 5.13 Å². The van der Waals surface area contributed by atoms with E-state index in [1.54, 1.807) is 36.3 Å². The Morgan fingerprint density at radius 3 is 2.59 bits per heavy atom. The Bertz CT molecular complexity index is 1270. The zero-order valence-electron chi connectivity index (χ0n) is 21.4. The monoisotopic (exact) mass is 520 g/mol. The highest BCUT2D eigenvalue weighted by Gasteiger charge is 2.27. The number of likely N-dealkylation sites (tertiary alicyclic amines) is 1. The van der Waals surface area contributed by atoms with E-state index < -0.39 is 0 Å². The molecule has 1 aromatic heterocycles. The minimum Gasteiger partial charge on any atom is -0.496 e. The first-order valence-corrected chi connectivity index (χ1v) is 13.4. The van der Waals surface area contributed by atoms with Gasteiger partial charge in [-0.15, -0.1) is 11.3 Å². The van der Waals surface area contributed by atoms with E-state index in [1.807, 2.05) is 11.4 Å². The Labute approximate surface area is 221 Å². The molecule has 2 heterocycles. The van der Waals surface area contributed by atoms with Gasteiger partial charge in [-0.25, -0.2) is 4.98 Å². The van der Waals surface area contributed by atoms with Crippen LogP contribution in [0.1, 0.15) is 59.4 Å². The van der Waals surface area contributed by atoms with Crippen molar-refractivity contribution in [1.29, 1.82) is 0 Å². The van der Waals surface area contributed by atoms with Gasteiger partial charge in [-0.05, 0) is 61.2 Å². The molecule has 9 heteroatoms. The molecule has 0 aliphatic carbocycles. The topological polar surface area (TPSA) is 101 Å². The van der Waals surface area contributed by atoms with Crippen molar-refractivity contribution >= 4 is 34.2 Å².